The average Bonchev–Trinajstić information content (AvgIpc) is 2.42. The second kappa shape index (κ2) is 6.11. The van der Waals surface area contributed by atoms with Gasteiger partial charge in [-0.2, -0.15) is 13.2 Å². The maximum Gasteiger partial charge on any atom is 0.389 e. The lowest BCUT2D eigenvalue weighted by atomic mass is 9.94. The Kier molecular flexibility index (Phi) is 4.45. The maximum absolute atomic E-state index is 12.1. The van der Waals surface area contributed by atoms with Gasteiger partial charge in [0.1, 0.15) is 0 Å². The van der Waals surface area contributed by atoms with Crippen molar-refractivity contribution in [2.24, 2.45) is 0 Å². The van der Waals surface area contributed by atoms with Crippen molar-refractivity contribution >= 4 is 11.6 Å². The third-order valence-electron chi connectivity index (χ3n) is 3.04. The first kappa shape index (κ1) is 15.3. The first-order valence-corrected chi connectivity index (χ1v) is 6.48. The van der Waals surface area contributed by atoms with Crippen LogP contribution in [0.25, 0.3) is 0 Å². The van der Waals surface area contributed by atoms with E-state index in [0.29, 0.717) is 5.56 Å². The van der Waals surface area contributed by atoms with Crippen molar-refractivity contribution in [2.75, 3.05) is 6.61 Å². The van der Waals surface area contributed by atoms with Crippen LogP contribution in [0.5, 0.6) is 0 Å². The zero-order valence-electron chi connectivity index (χ0n) is 11.1. The summed E-state index contributed by atoms with van der Waals surface area (Å²) in [5.74, 6) is -0.859. The molecule has 0 aliphatic heterocycles. The predicted octanol–water partition coefficient (Wildman–Crippen LogP) is 3.70. The third kappa shape index (κ3) is 3.93. The SMILES string of the molecule is O=C1C=C(OCCCCC(F)(F)F)C(=O)c2ccccc21. The van der Waals surface area contributed by atoms with Crippen molar-refractivity contribution in [3.63, 3.8) is 0 Å². The van der Waals surface area contributed by atoms with Crippen LogP contribution in [0.1, 0.15) is 40.0 Å². The Morgan fingerprint density at radius 3 is 2.33 bits per heavy atom. The van der Waals surface area contributed by atoms with Gasteiger partial charge in [-0.3, -0.25) is 9.59 Å². The molecular weight excluding hydrogens is 285 g/mol. The lowest BCUT2D eigenvalue weighted by Crippen LogP contribution is -2.19. The highest BCUT2D eigenvalue weighted by molar-refractivity contribution is 6.23. The Morgan fingerprint density at radius 2 is 1.67 bits per heavy atom. The average molecular weight is 298 g/mol. The van der Waals surface area contributed by atoms with Gasteiger partial charge in [-0.1, -0.05) is 24.3 Å². The number of fused-ring (bicyclic) bond motifs is 1. The molecule has 0 heterocycles. The summed E-state index contributed by atoms with van der Waals surface area (Å²) in [6, 6.07) is 6.36. The molecule has 21 heavy (non-hydrogen) atoms. The second-order valence-electron chi connectivity index (χ2n) is 4.67. The van der Waals surface area contributed by atoms with Gasteiger partial charge >= 0.3 is 6.18 Å². The molecule has 1 aliphatic carbocycles. The summed E-state index contributed by atoms with van der Waals surface area (Å²) in [5, 5.41) is 0. The molecule has 2 rings (SSSR count). The molecular formula is C15H13F3O3. The number of halogens is 3. The van der Waals surface area contributed by atoms with Crippen molar-refractivity contribution in [2.45, 2.75) is 25.4 Å². The highest BCUT2D eigenvalue weighted by atomic mass is 19.4. The van der Waals surface area contributed by atoms with Crippen LogP contribution in [0, 0.1) is 0 Å². The quantitative estimate of drug-likeness (QED) is 0.778. The van der Waals surface area contributed by atoms with E-state index in [2.05, 4.69) is 0 Å². The van der Waals surface area contributed by atoms with Crippen molar-refractivity contribution in [3.8, 4) is 0 Å². The fraction of sp³-hybridized carbons (Fsp3) is 0.333. The largest absolute Gasteiger partial charge is 0.489 e. The molecule has 6 heteroatoms. The molecule has 0 spiro atoms. The number of hydrogen-bond acceptors (Lipinski definition) is 3. The van der Waals surface area contributed by atoms with Gasteiger partial charge in [0.05, 0.1) is 6.61 Å². The Balaban J connectivity index is 1.91. The van der Waals surface area contributed by atoms with E-state index < -0.39 is 18.4 Å². The van der Waals surface area contributed by atoms with Gasteiger partial charge in [-0.15, -0.1) is 0 Å². The first-order valence-electron chi connectivity index (χ1n) is 6.48. The van der Waals surface area contributed by atoms with Crippen LogP contribution in [-0.2, 0) is 4.74 Å². The number of Topliss-reactive ketones (excluding diaryl/α,β-unsaturated/α-hetero) is 1. The molecule has 0 aromatic heterocycles. The number of allylic oxidation sites excluding steroid dienone is 2. The Hall–Kier alpha value is -2.11. The first-order chi connectivity index (χ1) is 9.88. The minimum absolute atomic E-state index is 0.0247. The monoisotopic (exact) mass is 298 g/mol. The van der Waals surface area contributed by atoms with Gasteiger partial charge in [-0.25, -0.2) is 0 Å². The van der Waals surface area contributed by atoms with Crippen LogP contribution in [-0.4, -0.2) is 24.3 Å². The minimum Gasteiger partial charge on any atom is -0.489 e. The number of alkyl halides is 3. The van der Waals surface area contributed by atoms with Crippen LogP contribution in [0.2, 0.25) is 0 Å². The molecule has 0 saturated heterocycles. The molecule has 0 radical (unpaired) electrons. The molecule has 0 atom stereocenters. The zero-order chi connectivity index (χ0) is 15.5. The summed E-state index contributed by atoms with van der Waals surface area (Å²) in [7, 11) is 0. The normalized spacial score (nSPS) is 14.7. The van der Waals surface area contributed by atoms with Gasteiger partial charge < -0.3 is 4.74 Å². The molecule has 3 nitrogen and oxygen atoms in total. The topological polar surface area (TPSA) is 43.4 Å². The Morgan fingerprint density at radius 1 is 1.00 bits per heavy atom. The third-order valence-corrected chi connectivity index (χ3v) is 3.04. The van der Waals surface area contributed by atoms with Crippen LogP contribution < -0.4 is 0 Å². The summed E-state index contributed by atoms with van der Waals surface area (Å²) in [6.07, 6.45) is -3.89. The molecule has 0 unspecified atom stereocenters. The van der Waals surface area contributed by atoms with Crippen molar-refractivity contribution < 1.29 is 27.5 Å². The van der Waals surface area contributed by atoms with Crippen LogP contribution in [0.3, 0.4) is 0 Å². The number of ketones is 2. The van der Waals surface area contributed by atoms with E-state index >= 15 is 0 Å². The van der Waals surface area contributed by atoms with E-state index in [9.17, 15) is 22.8 Å². The van der Waals surface area contributed by atoms with Gasteiger partial charge in [0, 0.05) is 23.6 Å². The number of unbranched alkanes of at least 4 members (excludes halogenated alkanes) is 1. The van der Waals surface area contributed by atoms with E-state index in [1.807, 2.05) is 0 Å². The molecule has 0 bridgehead atoms. The number of benzene rings is 1. The fourth-order valence-electron chi connectivity index (χ4n) is 2.01. The van der Waals surface area contributed by atoms with Crippen molar-refractivity contribution in [3.05, 3.63) is 47.2 Å². The summed E-state index contributed by atoms with van der Waals surface area (Å²) in [6.45, 7) is -0.0247. The highest BCUT2D eigenvalue weighted by Crippen LogP contribution is 2.24. The molecule has 0 saturated carbocycles. The fourth-order valence-corrected chi connectivity index (χ4v) is 2.01. The molecule has 112 valence electrons. The van der Waals surface area contributed by atoms with E-state index in [1.165, 1.54) is 6.07 Å². The Labute approximate surface area is 119 Å². The number of hydrogen-bond donors (Lipinski definition) is 0. The molecule has 0 N–H and O–H groups in total. The summed E-state index contributed by atoms with van der Waals surface area (Å²) >= 11 is 0. The lowest BCUT2D eigenvalue weighted by molar-refractivity contribution is -0.136. The van der Waals surface area contributed by atoms with Gasteiger partial charge in [0.2, 0.25) is 5.78 Å². The molecule has 1 aliphatic rings. The minimum atomic E-state index is -4.19. The predicted molar refractivity (Wildman–Crippen MR) is 69.0 cm³/mol. The number of ether oxygens (including phenoxy) is 1. The zero-order valence-corrected chi connectivity index (χ0v) is 11.1. The molecule has 0 amide bonds. The summed E-state index contributed by atoms with van der Waals surface area (Å²) in [5.41, 5.74) is 0.571. The smallest absolute Gasteiger partial charge is 0.389 e. The van der Waals surface area contributed by atoms with Crippen molar-refractivity contribution in [1.29, 1.82) is 0 Å². The van der Waals surface area contributed by atoms with Crippen molar-refractivity contribution in [1.82, 2.24) is 0 Å². The maximum atomic E-state index is 12.1. The van der Waals surface area contributed by atoms with E-state index in [1.54, 1.807) is 18.2 Å². The van der Waals surface area contributed by atoms with Crippen LogP contribution in [0.4, 0.5) is 13.2 Å². The highest BCUT2D eigenvalue weighted by Gasteiger charge is 2.27. The molecule has 1 aromatic rings. The van der Waals surface area contributed by atoms with Crippen LogP contribution in [0.15, 0.2) is 36.1 Å². The standard InChI is InChI=1S/C15H13F3O3/c16-15(17,18)7-3-4-8-21-13-9-12(19)10-5-1-2-6-11(10)14(13)20/h1-2,5-6,9H,3-4,7-8H2. The van der Waals surface area contributed by atoms with Gasteiger partial charge in [0.25, 0.3) is 0 Å². The summed E-state index contributed by atoms with van der Waals surface area (Å²) < 4.78 is 41.1. The molecule has 0 fully saturated rings. The number of rotatable bonds is 5. The van der Waals surface area contributed by atoms with E-state index in [-0.39, 0.29) is 36.6 Å². The number of carbonyl (C=O) groups is 2. The van der Waals surface area contributed by atoms with Gasteiger partial charge in [0.15, 0.2) is 11.5 Å². The summed E-state index contributed by atoms with van der Waals surface area (Å²) in [4.78, 5) is 23.9. The molecule has 1 aromatic carbocycles. The second-order valence-corrected chi connectivity index (χ2v) is 4.67. The van der Waals surface area contributed by atoms with Gasteiger partial charge in [-0.05, 0) is 12.8 Å². The van der Waals surface area contributed by atoms with E-state index in [0.717, 1.165) is 6.08 Å². The lowest BCUT2D eigenvalue weighted by Gasteiger charge is -2.15. The number of carbonyl (C=O) groups excluding carboxylic acids is 2. The Bertz CT molecular complexity index is 588. The van der Waals surface area contributed by atoms with E-state index in [4.69, 9.17) is 4.74 Å². The van der Waals surface area contributed by atoms with Crippen LogP contribution >= 0.6 is 0 Å².